The number of piperidine rings is 1. The molecule has 2 saturated heterocycles. The summed E-state index contributed by atoms with van der Waals surface area (Å²) < 4.78 is 0. The van der Waals surface area contributed by atoms with Crippen LogP contribution < -0.4 is 5.32 Å². The van der Waals surface area contributed by atoms with Crippen LogP contribution in [0.5, 0.6) is 0 Å². The highest BCUT2D eigenvalue weighted by molar-refractivity contribution is 5.92. The van der Waals surface area contributed by atoms with Crippen molar-refractivity contribution in [1.29, 1.82) is 0 Å². The SMILES string of the molecule is C/C=C\C(=C/CC)c1[nH]c2ccc(C3CCN(C[C@@H]4CCNC4)CC3)cc2c1C(C)C. The quantitative estimate of drug-likeness (QED) is 0.505. The van der Waals surface area contributed by atoms with Crippen molar-refractivity contribution in [2.45, 2.75) is 65.2 Å². The Hall–Kier alpha value is -1.84. The van der Waals surface area contributed by atoms with Crippen LogP contribution in [0.2, 0.25) is 0 Å². The van der Waals surface area contributed by atoms with Gasteiger partial charge in [-0.1, -0.05) is 45.1 Å². The molecule has 168 valence electrons. The molecule has 0 unspecified atom stereocenters. The van der Waals surface area contributed by atoms with Gasteiger partial charge < -0.3 is 15.2 Å². The third kappa shape index (κ3) is 4.99. The molecule has 1 aromatic carbocycles. The highest BCUT2D eigenvalue weighted by Gasteiger charge is 2.25. The average molecular weight is 420 g/mol. The molecule has 1 atom stereocenters. The molecule has 0 spiro atoms. The lowest BCUT2D eigenvalue weighted by Gasteiger charge is -2.33. The van der Waals surface area contributed by atoms with Crippen LogP contribution in [0.3, 0.4) is 0 Å². The maximum atomic E-state index is 3.76. The molecule has 3 heteroatoms. The van der Waals surface area contributed by atoms with Crippen LogP contribution in [0, 0.1) is 5.92 Å². The molecular weight excluding hydrogens is 378 g/mol. The fraction of sp³-hybridized carbons (Fsp3) is 0.571. The van der Waals surface area contributed by atoms with Gasteiger partial charge in [-0.2, -0.15) is 0 Å². The van der Waals surface area contributed by atoms with Gasteiger partial charge in [0.25, 0.3) is 0 Å². The zero-order valence-electron chi connectivity index (χ0n) is 20.0. The van der Waals surface area contributed by atoms with Gasteiger partial charge in [0.2, 0.25) is 0 Å². The van der Waals surface area contributed by atoms with E-state index in [1.807, 2.05) is 0 Å². The lowest BCUT2D eigenvalue weighted by Crippen LogP contribution is -2.37. The van der Waals surface area contributed by atoms with Gasteiger partial charge in [-0.3, -0.25) is 0 Å². The van der Waals surface area contributed by atoms with Gasteiger partial charge in [0.05, 0.1) is 0 Å². The molecule has 3 nitrogen and oxygen atoms in total. The number of fused-ring (bicyclic) bond motifs is 1. The molecule has 2 N–H and O–H groups in total. The van der Waals surface area contributed by atoms with E-state index in [2.05, 4.69) is 79.3 Å². The molecule has 0 amide bonds. The van der Waals surface area contributed by atoms with Crippen molar-refractivity contribution in [1.82, 2.24) is 15.2 Å². The zero-order valence-corrected chi connectivity index (χ0v) is 20.0. The summed E-state index contributed by atoms with van der Waals surface area (Å²) >= 11 is 0. The molecule has 4 rings (SSSR count). The molecule has 2 aliphatic rings. The van der Waals surface area contributed by atoms with Crippen LogP contribution in [0.25, 0.3) is 16.5 Å². The number of nitrogens with one attached hydrogen (secondary N) is 2. The third-order valence-electron chi connectivity index (χ3n) is 7.24. The number of H-pyrrole nitrogens is 1. The van der Waals surface area contributed by atoms with E-state index in [-0.39, 0.29) is 0 Å². The lowest BCUT2D eigenvalue weighted by molar-refractivity contribution is 0.187. The van der Waals surface area contributed by atoms with Crippen molar-refractivity contribution in [2.24, 2.45) is 5.92 Å². The minimum atomic E-state index is 0.492. The normalized spacial score (nSPS) is 21.8. The molecule has 0 bridgehead atoms. The van der Waals surface area contributed by atoms with Gasteiger partial charge in [0.15, 0.2) is 0 Å². The predicted octanol–water partition coefficient (Wildman–Crippen LogP) is 6.45. The predicted molar refractivity (Wildman–Crippen MR) is 135 cm³/mol. The Morgan fingerprint density at radius 3 is 2.65 bits per heavy atom. The first-order chi connectivity index (χ1) is 15.1. The van der Waals surface area contributed by atoms with Gasteiger partial charge in [-0.05, 0) is 105 Å². The molecule has 3 heterocycles. The minimum Gasteiger partial charge on any atom is -0.354 e. The lowest BCUT2D eigenvalue weighted by atomic mass is 9.87. The number of aromatic nitrogens is 1. The van der Waals surface area contributed by atoms with Gasteiger partial charge in [0.1, 0.15) is 0 Å². The second-order valence-corrected chi connectivity index (χ2v) is 9.87. The zero-order chi connectivity index (χ0) is 21.8. The summed E-state index contributed by atoms with van der Waals surface area (Å²) in [5.41, 5.74) is 6.92. The highest BCUT2D eigenvalue weighted by Crippen LogP contribution is 2.37. The Labute approximate surface area is 189 Å². The van der Waals surface area contributed by atoms with Crippen molar-refractivity contribution in [2.75, 3.05) is 32.7 Å². The van der Waals surface area contributed by atoms with E-state index in [1.165, 1.54) is 85.3 Å². The van der Waals surface area contributed by atoms with E-state index in [0.29, 0.717) is 11.8 Å². The van der Waals surface area contributed by atoms with E-state index in [0.717, 1.165) is 12.3 Å². The van der Waals surface area contributed by atoms with Crippen LogP contribution in [-0.4, -0.2) is 42.6 Å². The first kappa shape index (κ1) is 22.4. The molecular formula is C28H41N3. The van der Waals surface area contributed by atoms with Crippen molar-refractivity contribution >= 4 is 16.5 Å². The highest BCUT2D eigenvalue weighted by atomic mass is 15.1. The van der Waals surface area contributed by atoms with E-state index < -0.39 is 0 Å². The number of rotatable bonds is 7. The molecule has 0 radical (unpaired) electrons. The van der Waals surface area contributed by atoms with Crippen LogP contribution in [0.15, 0.2) is 36.4 Å². The Bertz CT molecular complexity index is 919. The van der Waals surface area contributed by atoms with E-state index >= 15 is 0 Å². The number of likely N-dealkylation sites (tertiary alicyclic amines) is 1. The van der Waals surface area contributed by atoms with Crippen LogP contribution in [0.1, 0.15) is 82.0 Å². The van der Waals surface area contributed by atoms with Crippen molar-refractivity contribution in [3.05, 3.63) is 53.2 Å². The van der Waals surface area contributed by atoms with Gasteiger partial charge in [0, 0.05) is 23.1 Å². The summed E-state index contributed by atoms with van der Waals surface area (Å²) in [6, 6.07) is 7.22. The van der Waals surface area contributed by atoms with Crippen LogP contribution in [-0.2, 0) is 0 Å². The maximum Gasteiger partial charge on any atom is 0.0496 e. The second kappa shape index (κ2) is 10.2. The molecule has 2 aromatic rings. The summed E-state index contributed by atoms with van der Waals surface area (Å²) in [6.07, 6.45) is 11.7. The molecule has 0 saturated carbocycles. The van der Waals surface area contributed by atoms with Crippen molar-refractivity contribution < 1.29 is 0 Å². The summed E-state index contributed by atoms with van der Waals surface area (Å²) in [6.45, 7) is 15.2. The third-order valence-corrected chi connectivity index (χ3v) is 7.24. The van der Waals surface area contributed by atoms with Gasteiger partial charge in [-0.15, -0.1) is 0 Å². The van der Waals surface area contributed by atoms with Crippen LogP contribution in [0.4, 0.5) is 0 Å². The number of hydrogen-bond acceptors (Lipinski definition) is 2. The van der Waals surface area contributed by atoms with Gasteiger partial charge in [-0.25, -0.2) is 0 Å². The summed E-state index contributed by atoms with van der Waals surface area (Å²) in [7, 11) is 0. The van der Waals surface area contributed by atoms with E-state index in [1.54, 1.807) is 0 Å². The smallest absolute Gasteiger partial charge is 0.0496 e. The number of aromatic amines is 1. The van der Waals surface area contributed by atoms with E-state index in [9.17, 15) is 0 Å². The fourth-order valence-corrected chi connectivity index (χ4v) is 5.65. The average Bonchev–Trinajstić information content (AvgIpc) is 3.41. The summed E-state index contributed by atoms with van der Waals surface area (Å²) in [5.74, 6) is 2.05. The number of allylic oxidation sites excluding steroid dienone is 4. The Kier molecular flexibility index (Phi) is 7.35. The summed E-state index contributed by atoms with van der Waals surface area (Å²) in [5, 5.41) is 4.94. The topological polar surface area (TPSA) is 31.1 Å². The van der Waals surface area contributed by atoms with Crippen LogP contribution >= 0.6 is 0 Å². The largest absolute Gasteiger partial charge is 0.354 e. The first-order valence-electron chi connectivity index (χ1n) is 12.5. The van der Waals surface area contributed by atoms with E-state index in [4.69, 9.17) is 0 Å². The first-order valence-corrected chi connectivity index (χ1v) is 12.5. The Morgan fingerprint density at radius 2 is 2.00 bits per heavy atom. The summed E-state index contributed by atoms with van der Waals surface area (Å²) in [4.78, 5) is 6.47. The second-order valence-electron chi connectivity index (χ2n) is 9.87. The molecule has 2 aliphatic heterocycles. The fourth-order valence-electron chi connectivity index (χ4n) is 5.65. The number of hydrogen-bond donors (Lipinski definition) is 2. The minimum absolute atomic E-state index is 0.492. The maximum absolute atomic E-state index is 3.76. The molecule has 0 aliphatic carbocycles. The molecule has 31 heavy (non-hydrogen) atoms. The number of benzene rings is 1. The molecule has 2 fully saturated rings. The molecule has 1 aromatic heterocycles. The Balaban J connectivity index is 1.56. The van der Waals surface area contributed by atoms with Crippen molar-refractivity contribution in [3.8, 4) is 0 Å². The standard InChI is InChI=1S/C28H41N3/c1-5-7-23(8-6-2)28-27(20(3)4)25-17-24(9-10-26(25)30-28)22-12-15-31(16-13-22)19-21-11-14-29-18-21/h5,7-10,17,20-22,29-30H,6,11-16,18-19H2,1-4H3/b7-5-,23-8+/t21-/m1/s1. The van der Waals surface area contributed by atoms with Crippen molar-refractivity contribution in [3.63, 3.8) is 0 Å². The van der Waals surface area contributed by atoms with Gasteiger partial charge >= 0.3 is 0 Å². The number of nitrogens with zero attached hydrogens (tertiary/aromatic N) is 1. The Morgan fingerprint density at radius 1 is 1.19 bits per heavy atom. The monoisotopic (exact) mass is 419 g/mol.